The van der Waals surface area contributed by atoms with Crippen LogP contribution in [0.2, 0.25) is 0 Å². The maximum atomic E-state index is 8.76. The molecule has 0 heterocycles. The summed E-state index contributed by atoms with van der Waals surface area (Å²) in [6.07, 6.45) is 0. The Kier molecular flexibility index (Phi) is 3.71. The van der Waals surface area contributed by atoms with E-state index in [2.05, 4.69) is 21.4 Å². The molecule has 0 saturated heterocycles. The van der Waals surface area contributed by atoms with Crippen LogP contribution >= 0.6 is 15.9 Å². The first-order chi connectivity index (χ1) is 6.19. The Balaban J connectivity index is 3.03. The molecule has 0 spiro atoms. The van der Waals surface area contributed by atoms with Crippen molar-refractivity contribution in [2.75, 3.05) is 7.11 Å². The fraction of sp³-hybridized carbons (Fsp3) is 0.333. The van der Waals surface area contributed by atoms with Crippen molar-refractivity contribution in [1.29, 1.82) is 0 Å². The molecule has 72 valence electrons. The van der Waals surface area contributed by atoms with Gasteiger partial charge in [-0.25, -0.2) is 0 Å². The van der Waals surface area contributed by atoms with Crippen LogP contribution in [0.4, 0.5) is 0 Å². The first kappa shape index (κ1) is 10.5. The van der Waals surface area contributed by atoms with Gasteiger partial charge < -0.3 is 9.94 Å². The van der Waals surface area contributed by atoms with Crippen LogP contribution in [0.5, 0.6) is 5.75 Å². The number of nitrogens with one attached hydrogen (secondary N) is 1. The third-order valence-electron chi connectivity index (χ3n) is 1.86. The molecule has 0 saturated carbocycles. The molecule has 0 amide bonds. The predicted octanol–water partition coefficient (Wildman–Crippen LogP) is 2.50. The lowest BCUT2D eigenvalue weighted by atomic mass is 10.1. The molecule has 0 bridgehead atoms. The van der Waals surface area contributed by atoms with Crippen molar-refractivity contribution in [3.63, 3.8) is 0 Å². The zero-order valence-electron chi connectivity index (χ0n) is 7.54. The van der Waals surface area contributed by atoms with Gasteiger partial charge in [-0.05, 0) is 30.7 Å². The lowest BCUT2D eigenvalue weighted by Crippen LogP contribution is -2.13. The van der Waals surface area contributed by atoms with Gasteiger partial charge >= 0.3 is 0 Å². The highest BCUT2D eigenvalue weighted by Gasteiger charge is 2.08. The quantitative estimate of drug-likeness (QED) is 0.805. The lowest BCUT2D eigenvalue weighted by Gasteiger charge is -2.12. The van der Waals surface area contributed by atoms with Crippen LogP contribution in [0.1, 0.15) is 18.5 Å². The van der Waals surface area contributed by atoms with E-state index in [0.717, 1.165) is 15.8 Å². The van der Waals surface area contributed by atoms with Crippen LogP contribution in [0, 0.1) is 0 Å². The van der Waals surface area contributed by atoms with Crippen molar-refractivity contribution < 1.29 is 9.94 Å². The molecule has 1 aromatic rings. The standard InChI is InChI=1S/C9H12BrNO2/c1-6(11-12)8-5-7(13-2)3-4-9(8)10/h3-6,11-12H,1-2H3. The highest BCUT2D eigenvalue weighted by molar-refractivity contribution is 9.10. The van der Waals surface area contributed by atoms with E-state index in [1.54, 1.807) is 7.11 Å². The lowest BCUT2D eigenvalue weighted by molar-refractivity contribution is 0.133. The van der Waals surface area contributed by atoms with Gasteiger partial charge in [-0.15, -0.1) is 0 Å². The summed E-state index contributed by atoms with van der Waals surface area (Å²) in [5, 5.41) is 8.76. The number of hydroxylamine groups is 1. The predicted molar refractivity (Wildman–Crippen MR) is 54.0 cm³/mol. The van der Waals surface area contributed by atoms with E-state index in [0.29, 0.717) is 0 Å². The van der Waals surface area contributed by atoms with Crippen molar-refractivity contribution >= 4 is 15.9 Å². The Morgan fingerprint density at radius 2 is 2.23 bits per heavy atom. The van der Waals surface area contributed by atoms with Gasteiger partial charge in [-0.3, -0.25) is 0 Å². The zero-order valence-corrected chi connectivity index (χ0v) is 9.13. The van der Waals surface area contributed by atoms with Gasteiger partial charge in [0, 0.05) is 4.47 Å². The Morgan fingerprint density at radius 1 is 1.54 bits per heavy atom. The van der Waals surface area contributed by atoms with Gasteiger partial charge in [0.2, 0.25) is 0 Å². The van der Waals surface area contributed by atoms with Gasteiger partial charge in [0.05, 0.1) is 13.2 Å². The van der Waals surface area contributed by atoms with Crippen LogP contribution < -0.4 is 10.2 Å². The number of hydrogen-bond acceptors (Lipinski definition) is 3. The topological polar surface area (TPSA) is 41.5 Å². The molecule has 1 rings (SSSR count). The number of hydrogen-bond donors (Lipinski definition) is 2. The third-order valence-corrected chi connectivity index (χ3v) is 2.59. The molecule has 4 heteroatoms. The van der Waals surface area contributed by atoms with Gasteiger partial charge in [0.1, 0.15) is 5.75 Å². The largest absolute Gasteiger partial charge is 0.497 e. The average molecular weight is 246 g/mol. The molecule has 1 atom stereocenters. The average Bonchev–Trinajstić information content (AvgIpc) is 2.17. The molecule has 0 aromatic heterocycles. The van der Waals surface area contributed by atoms with E-state index >= 15 is 0 Å². The molecule has 0 aliphatic carbocycles. The molecule has 1 aromatic carbocycles. The summed E-state index contributed by atoms with van der Waals surface area (Å²) in [5.41, 5.74) is 3.15. The molecule has 1 unspecified atom stereocenters. The van der Waals surface area contributed by atoms with Crippen molar-refractivity contribution in [2.24, 2.45) is 0 Å². The fourth-order valence-corrected chi connectivity index (χ4v) is 1.64. The summed E-state index contributed by atoms with van der Waals surface area (Å²) >= 11 is 3.39. The van der Waals surface area contributed by atoms with Crippen LogP contribution in [-0.4, -0.2) is 12.3 Å². The van der Waals surface area contributed by atoms with E-state index < -0.39 is 0 Å². The summed E-state index contributed by atoms with van der Waals surface area (Å²) in [4.78, 5) is 0. The fourth-order valence-electron chi connectivity index (χ4n) is 1.05. The third kappa shape index (κ3) is 2.43. The van der Waals surface area contributed by atoms with Gasteiger partial charge in [-0.1, -0.05) is 15.9 Å². The van der Waals surface area contributed by atoms with Crippen molar-refractivity contribution in [1.82, 2.24) is 5.48 Å². The Hall–Kier alpha value is -0.580. The zero-order chi connectivity index (χ0) is 9.84. The van der Waals surface area contributed by atoms with Crippen LogP contribution in [-0.2, 0) is 0 Å². The monoisotopic (exact) mass is 245 g/mol. The van der Waals surface area contributed by atoms with E-state index in [4.69, 9.17) is 9.94 Å². The van der Waals surface area contributed by atoms with Crippen LogP contribution in [0.15, 0.2) is 22.7 Å². The maximum absolute atomic E-state index is 8.76. The second-order valence-electron chi connectivity index (χ2n) is 2.74. The van der Waals surface area contributed by atoms with Crippen LogP contribution in [0.3, 0.4) is 0 Å². The highest BCUT2D eigenvalue weighted by Crippen LogP contribution is 2.27. The number of benzene rings is 1. The second kappa shape index (κ2) is 4.60. The van der Waals surface area contributed by atoms with Crippen molar-refractivity contribution in [3.8, 4) is 5.75 Å². The summed E-state index contributed by atoms with van der Waals surface area (Å²) in [7, 11) is 1.62. The SMILES string of the molecule is COc1ccc(Br)c(C(C)NO)c1. The molecule has 13 heavy (non-hydrogen) atoms. The van der Waals surface area contributed by atoms with Gasteiger partial charge in [0.15, 0.2) is 0 Å². The molecular weight excluding hydrogens is 234 g/mol. The molecule has 0 aliphatic heterocycles. The first-order valence-electron chi connectivity index (χ1n) is 3.92. The summed E-state index contributed by atoms with van der Waals surface area (Å²) in [6.45, 7) is 1.86. The minimum Gasteiger partial charge on any atom is -0.497 e. The maximum Gasteiger partial charge on any atom is 0.119 e. The highest BCUT2D eigenvalue weighted by atomic mass is 79.9. The minimum atomic E-state index is -0.121. The van der Waals surface area contributed by atoms with E-state index in [1.165, 1.54) is 0 Å². The molecular formula is C9H12BrNO2. The number of halogens is 1. The molecule has 3 nitrogen and oxygen atoms in total. The smallest absolute Gasteiger partial charge is 0.119 e. The summed E-state index contributed by atoms with van der Waals surface area (Å²) in [5.74, 6) is 0.778. The molecule has 0 aliphatic rings. The van der Waals surface area contributed by atoms with E-state index in [1.807, 2.05) is 25.1 Å². The van der Waals surface area contributed by atoms with Crippen LogP contribution in [0.25, 0.3) is 0 Å². The Bertz CT molecular complexity index is 291. The molecule has 2 N–H and O–H groups in total. The number of rotatable bonds is 3. The summed E-state index contributed by atoms with van der Waals surface area (Å²) in [6, 6.07) is 5.50. The minimum absolute atomic E-state index is 0.121. The number of methoxy groups -OCH3 is 1. The first-order valence-corrected chi connectivity index (χ1v) is 4.71. The second-order valence-corrected chi connectivity index (χ2v) is 3.59. The van der Waals surface area contributed by atoms with E-state index in [9.17, 15) is 0 Å². The summed E-state index contributed by atoms with van der Waals surface area (Å²) < 4.78 is 6.02. The van der Waals surface area contributed by atoms with Crippen molar-refractivity contribution in [2.45, 2.75) is 13.0 Å². The Labute approximate surface area is 85.8 Å². The van der Waals surface area contributed by atoms with Gasteiger partial charge in [-0.2, -0.15) is 5.48 Å². The molecule has 0 radical (unpaired) electrons. The normalized spacial score (nSPS) is 12.6. The van der Waals surface area contributed by atoms with Gasteiger partial charge in [0.25, 0.3) is 0 Å². The number of ether oxygens (including phenoxy) is 1. The molecule has 0 fully saturated rings. The Morgan fingerprint density at radius 3 is 2.77 bits per heavy atom. The van der Waals surface area contributed by atoms with E-state index in [-0.39, 0.29) is 6.04 Å². The van der Waals surface area contributed by atoms with Crippen molar-refractivity contribution in [3.05, 3.63) is 28.2 Å².